The minimum atomic E-state index is -0.906. The van der Waals surface area contributed by atoms with Crippen LogP contribution in [0.25, 0.3) is 0 Å². The maximum Gasteiger partial charge on any atom is 0.415 e. The lowest BCUT2D eigenvalue weighted by molar-refractivity contribution is 0.158. The largest absolute Gasteiger partial charge is 0.415 e. The maximum absolute atomic E-state index is 13.0. The Bertz CT molecular complexity index is 459. The third kappa shape index (κ3) is 2.33. The predicted octanol–water partition coefficient (Wildman–Crippen LogP) is 3.11. The van der Waals surface area contributed by atoms with Gasteiger partial charge in [-0.05, 0) is 36.8 Å². The highest BCUT2D eigenvalue weighted by Gasteiger charge is 2.30. The van der Waals surface area contributed by atoms with E-state index in [0.717, 1.165) is 18.4 Å². The van der Waals surface area contributed by atoms with Crippen LogP contribution in [0, 0.1) is 0 Å². The minimum absolute atomic E-state index is 0.157. The number of para-hydroxylation sites is 1. The summed E-state index contributed by atoms with van der Waals surface area (Å²) >= 11 is 0. The highest BCUT2D eigenvalue weighted by Crippen LogP contribution is 2.44. The highest BCUT2D eigenvalue weighted by atomic mass is 19.1. The number of ether oxygens (including phenoxy) is 1. The van der Waals surface area contributed by atoms with E-state index in [1.165, 1.54) is 4.90 Å². The fourth-order valence-electron chi connectivity index (χ4n) is 2.35. The molecule has 0 N–H and O–H groups in total. The van der Waals surface area contributed by atoms with E-state index < -0.39 is 12.3 Å². The van der Waals surface area contributed by atoms with Crippen molar-refractivity contribution in [2.24, 2.45) is 0 Å². The number of hydrogen-bond donors (Lipinski definition) is 0. The second kappa shape index (κ2) is 4.59. The molecule has 2 fully saturated rings. The highest BCUT2D eigenvalue weighted by molar-refractivity contribution is 5.71. The first-order valence-corrected chi connectivity index (χ1v) is 6.44. The monoisotopic (exact) mass is 249 g/mol. The van der Waals surface area contributed by atoms with Gasteiger partial charge in [0.1, 0.15) is 11.9 Å². The van der Waals surface area contributed by atoms with Crippen LogP contribution in [0.5, 0.6) is 5.75 Å². The van der Waals surface area contributed by atoms with E-state index in [1.54, 1.807) is 0 Å². The molecular weight excluding hydrogens is 233 g/mol. The third-order valence-corrected chi connectivity index (χ3v) is 3.52. The Morgan fingerprint density at radius 3 is 2.72 bits per heavy atom. The zero-order valence-corrected chi connectivity index (χ0v) is 10.1. The molecule has 1 aromatic carbocycles. The second-order valence-electron chi connectivity index (χ2n) is 5.01. The van der Waals surface area contributed by atoms with Crippen LogP contribution in [0.1, 0.15) is 30.7 Å². The van der Waals surface area contributed by atoms with Crippen molar-refractivity contribution in [3.63, 3.8) is 0 Å². The Balaban J connectivity index is 1.70. The third-order valence-electron chi connectivity index (χ3n) is 3.52. The van der Waals surface area contributed by atoms with E-state index in [-0.39, 0.29) is 6.54 Å². The van der Waals surface area contributed by atoms with Gasteiger partial charge in [-0.25, -0.2) is 9.18 Å². The molecule has 1 unspecified atom stereocenters. The minimum Gasteiger partial charge on any atom is -0.410 e. The lowest BCUT2D eigenvalue weighted by Crippen LogP contribution is -2.31. The molecule has 96 valence electrons. The van der Waals surface area contributed by atoms with Gasteiger partial charge in [-0.3, -0.25) is 0 Å². The van der Waals surface area contributed by atoms with Crippen molar-refractivity contribution in [2.45, 2.75) is 31.4 Å². The molecule has 1 amide bonds. The lowest BCUT2D eigenvalue weighted by atomic mass is 10.1. The molecule has 3 rings (SSSR count). The van der Waals surface area contributed by atoms with Crippen LogP contribution in [-0.4, -0.2) is 30.3 Å². The zero-order chi connectivity index (χ0) is 12.5. The van der Waals surface area contributed by atoms with Crippen molar-refractivity contribution >= 4 is 6.09 Å². The van der Waals surface area contributed by atoms with Gasteiger partial charge in [0.2, 0.25) is 0 Å². The Morgan fingerprint density at radius 2 is 2.06 bits per heavy atom. The average Bonchev–Trinajstić information content (AvgIpc) is 3.12. The number of benzene rings is 1. The van der Waals surface area contributed by atoms with E-state index in [9.17, 15) is 9.18 Å². The molecule has 18 heavy (non-hydrogen) atoms. The molecule has 3 nitrogen and oxygen atoms in total. The smallest absolute Gasteiger partial charge is 0.410 e. The summed E-state index contributed by atoms with van der Waals surface area (Å²) in [7, 11) is 0. The summed E-state index contributed by atoms with van der Waals surface area (Å²) in [5.74, 6) is 1.16. The molecule has 0 aromatic heterocycles. The normalized spacial score (nSPS) is 23.2. The summed E-state index contributed by atoms with van der Waals surface area (Å²) in [5.41, 5.74) is 1.10. The number of rotatable bonds is 2. The number of nitrogens with zero attached hydrogens (tertiary/aromatic N) is 1. The van der Waals surface area contributed by atoms with Crippen LogP contribution in [-0.2, 0) is 0 Å². The molecule has 0 radical (unpaired) electrons. The first-order chi connectivity index (χ1) is 8.74. The Morgan fingerprint density at radius 1 is 1.28 bits per heavy atom. The van der Waals surface area contributed by atoms with Crippen LogP contribution >= 0.6 is 0 Å². The zero-order valence-electron chi connectivity index (χ0n) is 10.1. The number of alkyl halides is 1. The second-order valence-corrected chi connectivity index (χ2v) is 5.01. The van der Waals surface area contributed by atoms with Crippen molar-refractivity contribution < 1.29 is 13.9 Å². The molecular formula is C14H16FNO2. The fraction of sp³-hybridized carbons (Fsp3) is 0.500. The molecule has 0 bridgehead atoms. The molecule has 1 heterocycles. The SMILES string of the molecule is O=C(Oc1ccccc1C1CC1)N1CCC(F)C1. The summed E-state index contributed by atoms with van der Waals surface area (Å²) < 4.78 is 18.4. The molecule has 1 aliphatic heterocycles. The van der Waals surface area contributed by atoms with Crippen LogP contribution in [0.2, 0.25) is 0 Å². The maximum atomic E-state index is 13.0. The molecule has 1 aliphatic carbocycles. The molecule has 1 atom stereocenters. The van der Waals surface area contributed by atoms with Gasteiger partial charge in [-0.15, -0.1) is 0 Å². The van der Waals surface area contributed by atoms with Crippen molar-refractivity contribution in [1.29, 1.82) is 0 Å². The Kier molecular flexibility index (Phi) is 2.94. The van der Waals surface area contributed by atoms with E-state index >= 15 is 0 Å². The van der Waals surface area contributed by atoms with E-state index in [2.05, 4.69) is 0 Å². The van der Waals surface area contributed by atoms with Crippen molar-refractivity contribution in [2.75, 3.05) is 13.1 Å². The molecule has 1 aromatic rings. The first kappa shape index (κ1) is 11.5. The van der Waals surface area contributed by atoms with Crippen LogP contribution in [0.3, 0.4) is 0 Å². The molecule has 2 aliphatic rings. The van der Waals surface area contributed by atoms with E-state index in [0.29, 0.717) is 24.6 Å². The number of amides is 1. The van der Waals surface area contributed by atoms with Crippen LogP contribution in [0.4, 0.5) is 9.18 Å². The fourth-order valence-corrected chi connectivity index (χ4v) is 2.35. The van der Waals surface area contributed by atoms with Crippen molar-refractivity contribution in [3.05, 3.63) is 29.8 Å². The summed E-state index contributed by atoms with van der Waals surface area (Å²) in [5, 5.41) is 0. The van der Waals surface area contributed by atoms with E-state index in [4.69, 9.17) is 4.74 Å². The molecule has 4 heteroatoms. The summed E-state index contributed by atoms with van der Waals surface area (Å²) in [4.78, 5) is 13.3. The van der Waals surface area contributed by atoms with Gasteiger partial charge < -0.3 is 9.64 Å². The first-order valence-electron chi connectivity index (χ1n) is 6.44. The van der Waals surface area contributed by atoms with Crippen LogP contribution < -0.4 is 4.74 Å². The standard InChI is InChI=1S/C14H16FNO2/c15-11-7-8-16(9-11)14(17)18-13-4-2-1-3-12(13)10-5-6-10/h1-4,10-11H,5-9H2. The number of carbonyl (C=O) groups excluding carboxylic acids is 1. The van der Waals surface area contributed by atoms with Crippen molar-refractivity contribution in [3.8, 4) is 5.75 Å². The molecule has 0 spiro atoms. The molecule has 1 saturated carbocycles. The summed E-state index contributed by atoms with van der Waals surface area (Å²) in [6, 6.07) is 7.63. The van der Waals surface area contributed by atoms with Gasteiger partial charge in [0.25, 0.3) is 0 Å². The quantitative estimate of drug-likeness (QED) is 0.806. The predicted molar refractivity (Wildman–Crippen MR) is 65.5 cm³/mol. The van der Waals surface area contributed by atoms with Gasteiger partial charge in [0, 0.05) is 6.54 Å². The Labute approximate surface area is 106 Å². The van der Waals surface area contributed by atoms with Gasteiger partial charge >= 0.3 is 6.09 Å². The van der Waals surface area contributed by atoms with Crippen LogP contribution in [0.15, 0.2) is 24.3 Å². The average molecular weight is 249 g/mol. The van der Waals surface area contributed by atoms with Gasteiger partial charge in [0.15, 0.2) is 0 Å². The van der Waals surface area contributed by atoms with Crippen molar-refractivity contribution in [1.82, 2.24) is 4.90 Å². The lowest BCUT2D eigenvalue weighted by Gasteiger charge is -2.16. The number of hydrogen-bond acceptors (Lipinski definition) is 2. The topological polar surface area (TPSA) is 29.5 Å². The van der Waals surface area contributed by atoms with Gasteiger partial charge in [0.05, 0.1) is 6.54 Å². The summed E-state index contributed by atoms with van der Waals surface area (Å²) in [6.07, 6.45) is 1.40. The number of likely N-dealkylation sites (tertiary alicyclic amines) is 1. The number of halogens is 1. The van der Waals surface area contributed by atoms with Gasteiger partial charge in [-0.1, -0.05) is 18.2 Å². The van der Waals surface area contributed by atoms with E-state index in [1.807, 2.05) is 24.3 Å². The Hall–Kier alpha value is -1.58. The number of carbonyl (C=O) groups is 1. The summed E-state index contributed by atoms with van der Waals surface area (Å²) in [6.45, 7) is 0.607. The molecule has 1 saturated heterocycles. The van der Waals surface area contributed by atoms with Gasteiger partial charge in [-0.2, -0.15) is 0 Å².